The molecule has 5 nitrogen and oxygen atoms in total. The smallest absolute Gasteiger partial charge is 0.230 e. The van der Waals surface area contributed by atoms with Crippen LogP contribution >= 0.6 is 11.3 Å². The van der Waals surface area contributed by atoms with Gasteiger partial charge in [0.15, 0.2) is 5.13 Å². The lowest BCUT2D eigenvalue weighted by atomic mass is 10.2. The molecule has 1 aromatic heterocycles. The Bertz CT molecular complexity index is 954. The highest BCUT2D eigenvalue weighted by molar-refractivity contribution is 7.14. The monoisotopic (exact) mass is 368 g/mol. The third-order valence-electron chi connectivity index (χ3n) is 3.64. The first-order valence-corrected chi connectivity index (χ1v) is 8.79. The SMILES string of the molecule is CC(=O)N(c1nc(/C=N\Nc2ccccc2C)cs1)c1ccccc1F. The van der Waals surface area contributed by atoms with Gasteiger partial charge in [-0.25, -0.2) is 9.37 Å². The minimum atomic E-state index is -0.477. The number of anilines is 3. The minimum Gasteiger partial charge on any atom is -0.278 e. The molecule has 0 radical (unpaired) electrons. The number of rotatable bonds is 5. The van der Waals surface area contributed by atoms with E-state index in [1.54, 1.807) is 29.8 Å². The third-order valence-corrected chi connectivity index (χ3v) is 4.48. The van der Waals surface area contributed by atoms with Crippen molar-refractivity contribution in [1.82, 2.24) is 4.98 Å². The summed E-state index contributed by atoms with van der Waals surface area (Å²) in [6.07, 6.45) is 1.56. The van der Waals surface area contributed by atoms with Crippen molar-refractivity contribution in [2.24, 2.45) is 5.10 Å². The minimum absolute atomic E-state index is 0.177. The third kappa shape index (κ3) is 3.94. The van der Waals surface area contributed by atoms with Crippen LogP contribution in [0.1, 0.15) is 18.2 Å². The molecular weight excluding hydrogens is 351 g/mol. The topological polar surface area (TPSA) is 57.6 Å². The van der Waals surface area contributed by atoms with Crippen LogP contribution < -0.4 is 10.3 Å². The summed E-state index contributed by atoms with van der Waals surface area (Å²) in [6.45, 7) is 3.36. The zero-order valence-electron chi connectivity index (χ0n) is 14.3. The molecule has 1 heterocycles. The molecule has 1 N–H and O–H groups in total. The summed E-state index contributed by atoms with van der Waals surface area (Å²) in [5.74, 6) is -0.791. The van der Waals surface area contributed by atoms with Gasteiger partial charge in [-0.1, -0.05) is 30.3 Å². The standard InChI is InChI=1S/C19H17FN4OS/c1-13-7-3-5-9-17(13)23-21-11-15-12-26-19(22-15)24(14(2)25)18-10-6-4-8-16(18)20/h3-12,23H,1-2H3/b21-11-. The van der Waals surface area contributed by atoms with Crippen LogP contribution in [0.25, 0.3) is 0 Å². The van der Waals surface area contributed by atoms with Gasteiger partial charge in [-0.2, -0.15) is 5.10 Å². The highest BCUT2D eigenvalue weighted by atomic mass is 32.1. The normalized spacial score (nSPS) is 10.9. The first-order valence-electron chi connectivity index (χ1n) is 7.91. The molecule has 26 heavy (non-hydrogen) atoms. The highest BCUT2D eigenvalue weighted by Crippen LogP contribution is 2.30. The maximum absolute atomic E-state index is 14.1. The van der Waals surface area contributed by atoms with Gasteiger partial charge in [-0.3, -0.25) is 15.1 Å². The first kappa shape index (κ1) is 17.8. The number of benzene rings is 2. The second kappa shape index (κ2) is 7.88. The number of hydrogen-bond donors (Lipinski definition) is 1. The Morgan fingerprint density at radius 1 is 1.23 bits per heavy atom. The molecule has 3 aromatic rings. The maximum atomic E-state index is 14.1. The summed E-state index contributed by atoms with van der Waals surface area (Å²) in [7, 11) is 0. The fourth-order valence-corrected chi connectivity index (χ4v) is 3.18. The molecule has 0 aliphatic carbocycles. The van der Waals surface area contributed by atoms with Gasteiger partial charge in [0.1, 0.15) is 5.82 Å². The number of amides is 1. The van der Waals surface area contributed by atoms with E-state index in [9.17, 15) is 9.18 Å². The second-order valence-corrected chi connectivity index (χ2v) is 6.38. The average molecular weight is 368 g/mol. The lowest BCUT2D eigenvalue weighted by molar-refractivity contribution is -0.115. The number of hydrogen-bond acceptors (Lipinski definition) is 5. The predicted molar refractivity (Wildman–Crippen MR) is 104 cm³/mol. The van der Waals surface area contributed by atoms with Gasteiger partial charge in [0, 0.05) is 12.3 Å². The molecule has 0 unspecified atom stereocenters. The number of hydrazone groups is 1. The second-order valence-electron chi connectivity index (χ2n) is 5.55. The summed E-state index contributed by atoms with van der Waals surface area (Å²) in [4.78, 5) is 17.6. The number of halogens is 1. The Hall–Kier alpha value is -3.06. The molecule has 0 saturated heterocycles. The number of nitrogens with one attached hydrogen (secondary N) is 1. The Labute approximate surface area is 154 Å². The van der Waals surface area contributed by atoms with Gasteiger partial charge in [-0.05, 0) is 30.7 Å². The Balaban J connectivity index is 1.80. The van der Waals surface area contributed by atoms with Gasteiger partial charge in [0.05, 0.1) is 23.3 Å². The van der Waals surface area contributed by atoms with Crippen LogP contribution in [0.4, 0.5) is 20.9 Å². The van der Waals surface area contributed by atoms with Crippen molar-refractivity contribution in [1.29, 1.82) is 0 Å². The van der Waals surface area contributed by atoms with E-state index in [1.165, 1.54) is 29.2 Å². The van der Waals surface area contributed by atoms with Crippen molar-refractivity contribution >= 4 is 40.0 Å². The predicted octanol–water partition coefficient (Wildman–Crippen LogP) is 4.72. The fourth-order valence-electron chi connectivity index (χ4n) is 2.34. The highest BCUT2D eigenvalue weighted by Gasteiger charge is 2.20. The zero-order chi connectivity index (χ0) is 18.5. The van der Waals surface area contributed by atoms with E-state index >= 15 is 0 Å². The van der Waals surface area contributed by atoms with Gasteiger partial charge >= 0.3 is 0 Å². The van der Waals surface area contributed by atoms with Crippen LogP contribution in [0.2, 0.25) is 0 Å². The summed E-state index contributed by atoms with van der Waals surface area (Å²) in [6, 6.07) is 13.9. The molecule has 132 valence electrons. The van der Waals surface area contributed by atoms with Crippen molar-refractivity contribution in [2.75, 3.05) is 10.3 Å². The molecule has 0 fully saturated rings. The van der Waals surface area contributed by atoms with E-state index in [0.717, 1.165) is 11.3 Å². The first-order chi connectivity index (χ1) is 12.6. The van der Waals surface area contributed by atoms with E-state index in [1.807, 2.05) is 31.2 Å². The average Bonchev–Trinajstić information content (AvgIpc) is 3.07. The molecule has 0 aliphatic heterocycles. The molecular formula is C19H17FN4OS. The van der Waals surface area contributed by atoms with Crippen molar-refractivity contribution < 1.29 is 9.18 Å². The lowest BCUT2D eigenvalue weighted by Gasteiger charge is -2.18. The van der Waals surface area contributed by atoms with Crippen LogP contribution in [-0.2, 0) is 4.79 Å². The van der Waals surface area contributed by atoms with Crippen molar-refractivity contribution in [3.05, 3.63) is 71.0 Å². The fraction of sp³-hybridized carbons (Fsp3) is 0.105. The quantitative estimate of drug-likeness (QED) is 0.524. The molecule has 0 bridgehead atoms. The molecule has 7 heteroatoms. The largest absolute Gasteiger partial charge is 0.278 e. The number of nitrogens with zero attached hydrogens (tertiary/aromatic N) is 3. The zero-order valence-corrected chi connectivity index (χ0v) is 15.1. The van der Waals surface area contributed by atoms with Crippen molar-refractivity contribution in [3.8, 4) is 0 Å². The molecule has 0 atom stereocenters. The Morgan fingerprint density at radius 3 is 2.69 bits per heavy atom. The maximum Gasteiger partial charge on any atom is 0.230 e. The van der Waals surface area contributed by atoms with E-state index < -0.39 is 5.82 Å². The van der Waals surface area contributed by atoms with Crippen LogP contribution in [0, 0.1) is 12.7 Å². The number of aryl methyl sites for hydroxylation is 1. The van der Waals surface area contributed by atoms with Crippen LogP contribution in [0.15, 0.2) is 59.0 Å². The number of aromatic nitrogens is 1. The van der Waals surface area contributed by atoms with Gasteiger partial charge in [0.2, 0.25) is 5.91 Å². The van der Waals surface area contributed by atoms with Crippen molar-refractivity contribution in [2.45, 2.75) is 13.8 Å². The van der Waals surface area contributed by atoms with E-state index in [-0.39, 0.29) is 11.6 Å². The summed E-state index contributed by atoms with van der Waals surface area (Å²) < 4.78 is 14.1. The molecule has 2 aromatic carbocycles. The summed E-state index contributed by atoms with van der Waals surface area (Å²) in [5.41, 5.74) is 5.69. The van der Waals surface area contributed by atoms with Gasteiger partial charge in [0.25, 0.3) is 0 Å². The summed E-state index contributed by atoms with van der Waals surface area (Å²) in [5, 5.41) is 6.32. The van der Waals surface area contributed by atoms with Gasteiger partial charge in [-0.15, -0.1) is 11.3 Å². The number of thiazole rings is 1. The van der Waals surface area contributed by atoms with Crippen molar-refractivity contribution in [3.63, 3.8) is 0 Å². The molecule has 0 saturated carbocycles. The van der Waals surface area contributed by atoms with E-state index in [4.69, 9.17) is 0 Å². The number of carbonyl (C=O) groups is 1. The van der Waals surface area contributed by atoms with Crippen LogP contribution in [0.5, 0.6) is 0 Å². The van der Waals surface area contributed by atoms with E-state index in [0.29, 0.717) is 10.8 Å². The van der Waals surface area contributed by atoms with E-state index in [2.05, 4.69) is 15.5 Å². The number of para-hydroxylation sites is 2. The molecule has 1 amide bonds. The lowest BCUT2D eigenvalue weighted by Crippen LogP contribution is -2.23. The molecule has 0 spiro atoms. The number of carbonyl (C=O) groups excluding carboxylic acids is 1. The molecule has 0 aliphatic rings. The summed E-state index contributed by atoms with van der Waals surface area (Å²) >= 11 is 1.25. The van der Waals surface area contributed by atoms with Crippen LogP contribution in [0.3, 0.4) is 0 Å². The van der Waals surface area contributed by atoms with Crippen LogP contribution in [-0.4, -0.2) is 17.1 Å². The Kier molecular flexibility index (Phi) is 5.38. The van der Waals surface area contributed by atoms with Gasteiger partial charge < -0.3 is 0 Å². The molecule has 3 rings (SSSR count). The Morgan fingerprint density at radius 2 is 1.96 bits per heavy atom.